The van der Waals surface area contributed by atoms with Crippen LogP contribution in [0.3, 0.4) is 0 Å². The van der Waals surface area contributed by atoms with Crippen LogP contribution in [0.5, 0.6) is 0 Å². The lowest BCUT2D eigenvalue weighted by Crippen LogP contribution is -2.35. The van der Waals surface area contributed by atoms with Crippen LogP contribution in [0.4, 0.5) is 5.69 Å². The smallest absolute Gasteiger partial charge is 0.316 e. The number of carbonyl (C=O) groups excluding carboxylic acids is 2. The van der Waals surface area contributed by atoms with Gasteiger partial charge in [0.1, 0.15) is 0 Å². The van der Waals surface area contributed by atoms with Crippen LogP contribution in [0, 0.1) is 10.1 Å². The van der Waals surface area contributed by atoms with Crippen LogP contribution in [0.1, 0.15) is 47.4 Å². The largest absolute Gasteiger partial charge is 0.350 e. The lowest BCUT2D eigenvalue weighted by atomic mass is 9.87. The molecule has 11 heteroatoms. The van der Waals surface area contributed by atoms with Gasteiger partial charge in [-0.25, -0.2) is 0 Å². The van der Waals surface area contributed by atoms with E-state index in [0.29, 0.717) is 5.56 Å². The zero-order chi connectivity index (χ0) is 24.2. The van der Waals surface area contributed by atoms with E-state index in [0.717, 1.165) is 11.6 Å². The molecule has 3 rings (SSSR count). The molecule has 33 heavy (non-hydrogen) atoms. The molecular formula is C22H22ClN5O5. The number of benzene rings is 2. The molecular weight excluding hydrogens is 450 g/mol. The van der Waals surface area contributed by atoms with Crippen molar-refractivity contribution >= 4 is 29.1 Å². The first kappa shape index (κ1) is 23.9. The molecule has 0 atom stereocenters. The summed E-state index contributed by atoms with van der Waals surface area (Å²) < 4.78 is 5.04. The van der Waals surface area contributed by atoms with E-state index >= 15 is 0 Å². The molecule has 0 radical (unpaired) electrons. The minimum Gasteiger partial charge on any atom is -0.350 e. The molecule has 2 aromatic carbocycles. The second-order valence-corrected chi connectivity index (χ2v) is 8.59. The van der Waals surface area contributed by atoms with Gasteiger partial charge in [0, 0.05) is 30.8 Å². The van der Waals surface area contributed by atoms with E-state index in [2.05, 4.69) is 41.5 Å². The van der Waals surface area contributed by atoms with Gasteiger partial charge in [0.2, 0.25) is 5.82 Å². The second-order valence-electron chi connectivity index (χ2n) is 8.18. The van der Waals surface area contributed by atoms with Crippen molar-refractivity contribution in [3.63, 3.8) is 0 Å². The number of nitrogens with zero attached hydrogens (tertiary/aromatic N) is 3. The Morgan fingerprint density at radius 3 is 2.30 bits per heavy atom. The highest BCUT2D eigenvalue weighted by molar-refractivity contribution is 6.33. The van der Waals surface area contributed by atoms with Crippen molar-refractivity contribution < 1.29 is 19.0 Å². The van der Waals surface area contributed by atoms with Crippen molar-refractivity contribution in [3.05, 3.63) is 74.6 Å². The first-order valence-electron chi connectivity index (χ1n) is 10.0. The van der Waals surface area contributed by atoms with Crippen LogP contribution in [0.15, 0.2) is 47.0 Å². The van der Waals surface area contributed by atoms with Crippen LogP contribution in [0.2, 0.25) is 5.02 Å². The van der Waals surface area contributed by atoms with Gasteiger partial charge in [-0.2, -0.15) is 4.98 Å². The van der Waals surface area contributed by atoms with Crippen molar-refractivity contribution in [2.24, 2.45) is 0 Å². The average Bonchev–Trinajstić information content (AvgIpc) is 3.26. The van der Waals surface area contributed by atoms with Crippen LogP contribution in [-0.2, 0) is 5.41 Å². The van der Waals surface area contributed by atoms with Gasteiger partial charge in [-0.1, -0.05) is 61.8 Å². The lowest BCUT2D eigenvalue weighted by molar-refractivity contribution is -0.384. The van der Waals surface area contributed by atoms with Crippen molar-refractivity contribution in [2.45, 2.75) is 26.2 Å². The molecule has 0 aliphatic carbocycles. The predicted molar refractivity (Wildman–Crippen MR) is 121 cm³/mol. The summed E-state index contributed by atoms with van der Waals surface area (Å²) in [5.41, 5.74) is 1.60. The number of rotatable bonds is 7. The highest BCUT2D eigenvalue weighted by atomic mass is 35.5. The third-order valence-corrected chi connectivity index (χ3v) is 5.06. The topological polar surface area (TPSA) is 140 Å². The van der Waals surface area contributed by atoms with Crippen molar-refractivity contribution in [2.75, 3.05) is 13.1 Å². The van der Waals surface area contributed by atoms with Crippen molar-refractivity contribution in [1.82, 2.24) is 20.8 Å². The number of nitrogens with one attached hydrogen (secondary N) is 2. The molecule has 2 N–H and O–H groups in total. The molecule has 10 nitrogen and oxygen atoms in total. The lowest BCUT2D eigenvalue weighted by Gasteiger charge is -2.18. The maximum absolute atomic E-state index is 12.2. The van der Waals surface area contributed by atoms with Crippen LogP contribution in [-0.4, -0.2) is 40.0 Å². The average molecular weight is 472 g/mol. The van der Waals surface area contributed by atoms with Gasteiger partial charge in [-0.3, -0.25) is 19.7 Å². The second kappa shape index (κ2) is 9.78. The molecule has 0 unspecified atom stereocenters. The molecule has 0 saturated carbocycles. The molecule has 1 heterocycles. The quantitative estimate of drug-likeness (QED) is 0.303. The zero-order valence-corrected chi connectivity index (χ0v) is 19.0. The summed E-state index contributed by atoms with van der Waals surface area (Å²) in [7, 11) is 0. The number of hydrogen-bond acceptors (Lipinski definition) is 7. The van der Waals surface area contributed by atoms with E-state index in [1.165, 1.54) is 12.1 Å². The van der Waals surface area contributed by atoms with E-state index < -0.39 is 16.7 Å². The minimum atomic E-state index is -0.620. The summed E-state index contributed by atoms with van der Waals surface area (Å²) in [6, 6.07) is 11.2. The van der Waals surface area contributed by atoms with E-state index in [9.17, 15) is 19.7 Å². The van der Waals surface area contributed by atoms with Crippen LogP contribution < -0.4 is 10.6 Å². The highest BCUT2D eigenvalue weighted by Gasteiger charge is 2.18. The maximum atomic E-state index is 12.2. The minimum absolute atomic E-state index is 0.0107. The predicted octanol–water partition coefficient (Wildman–Crippen LogP) is 3.76. The fourth-order valence-electron chi connectivity index (χ4n) is 2.88. The molecule has 0 bridgehead atoms. The fraction of sp³-hybridized carbons (Fsp3) is 0.273. The van der Waals surface area contributed by atoms with E-state index in [1.54, 1.807) is 0 Å². The summed E-state index contributed by atoms with van der Waals surface area (Å²) in [5.74, 6) is -1.12. The normalized spacial score (nSPS) is 11.2. The Morgan fingerprint density at radius 1 is 1.06 bits per heavy atom. The molecule has 0 aliphatic rings. The summed E-state index contributed by atoms with van der Waals surface area (Å²) in [4.78, 5) is 38.8. The van der Waals surface area contributed by atoms with E-state index in [4.69, 9.17) is 16.1 Å². The molecule has 3 aromatic rings. The molecule has 0 saturated heterocycles. The summed E-state index contributed by atoms with van der Waals surface area (Å²) in [6.45, 7) is 6.45. The number of halogens is 1. The van der Waals surface area contributed by atoms with Crippen molar-refractivity contribution in [1.29, 1.82) is 0 Å². The number of amides is 2. The van der Waals surface area contributed by atoms with Gasteiger partial charge in [0.05, 0.1) is 15.5 Å². The summed E-state index contributed by atoms with van der Waals surface area (Å²) in [6.07, 6.45) is 0. The number of carbonyl (C=O) groups is 2. The molecule has 2 amide bonds. The third kappa shape index (κ3) is 5.92. The fourth-order valence-corrected chi connectivity index (χ4v) is 3.08. The van der Waals surface area contributed by atoms with Crippen LogP contribution in [0.25, 0.3) is 11.4 Å². The monoisotopic (exact) mass is 471 g/mol. The van der Waals surface area contributed by atoms with Gasteiger partial charge in [-0.05, 0) is 17.0 Å². The number of nitro benzene ring substituents is 1. The first-order valence-corrected chi connectivity index (χ1v) is 10.4. The number of nitro groups is 1. The van der Waals surface area contributed by atoms with Gasteiger partial charge in [-0.15, -0.1) is 0 Å². The maximum Gasteiger partial charge on any atom is 0.316 e. The Hall–Kier alpha value is -3.79. The standard InChI is InChI=1S/C22H22ClN5O5/c1-22(2,3)14-6-4-13(5-7-14)18-26-21(33-27-18)20(30)25-11-10-24-19(29)16-12-15(28(31)32)8-9-17(16)23/h4-9,12H,10-11H2,1-3H3,(H,24,29)(H,25,30). The first-order chi connectivity index (χ1) is 15.6. The Balaban J connectivity index is 1.53. The molecule has 0 spiro atoms. The summed E-state index contributed by atoms with van der Waals surface area (Å²) in [5, 5.41) is 19.9. The van der Waals surface area contributed by atoms with Crippen LogP contribution >= 0.6 is 11.6 Å². The van der Waals surface area contributed by atoms with Gasteiger partial charge in [0.25, 0.3) is 11.6 Å². The zero-order valence-electron chi connectivity index (χ0n) is 18.2. The van der Waals surface area contributed by atoms with E-state index in [1.807, 2.05) is 24.3 Å². The number of aromatic nitrogens is 2. The molecule has 0 fully saturated rings. The van der Waals surface area contributed by atoms with E-state index in [-0.39, 0.29) is 46.5 Å². The molecule has 172 valence electrons. The SMILES string of the molecule is CC(C)(C)c1ccc(-c2noc(C(=O)NCCNC(=O)c3cc([N+](=O)[O-])ccc3Cl)n2)cc1. The molecule has 1 aromatic heterocycles. The Morgan fingerprint density at radius 2 is 1.70 bits per heavy atom. The summed E-state index contributed by atoms with van der Waals surface area (Å²) >= 11 is 5.94. The number of non-ortho nitro benzene ring substituents is 1. The van der Waals surface area contributed by atoms with Gasteiger partial charge < -0.3 is 15.2 Å². The molecule has 0 aliphatic heterocycles. The Kier molecular flexibility index (Phi) is 7.07. The van der Waals surface area contributed by atoms with Gasteiger partial charge in [0.15, 0.2) is 0 Å². The van der Waals surface area contributed by atoms with Gasteiger partial charge >= 0.3 is 11.8 Å². The highest BCUT2D eigenvalue weighted by Crippen LogP contribution is 2.25. The number of hydrogen-bond donors (Lipinski definition) is 2. The Bertz CT molecular complexity index is 1180. The Labute approximate surface area is 194 Å². The third-order valence-electron chi connectivity index (χ3n) is 4.73. The van der Waals surface area contributed by atoms with Crippen molar-refractivity contribution in [3.8, 4) is 11.4 Å².